The molecule has 10 heteroatoms. The van der Waals surface area contributed by atoms with E-state index >= 15 is 0 Å². The Morgan fingerprint density at radius 2 is 1.79 bits per heavy atom. The van der Waals surface area contributed by atoms with Gasteiger partial charge in [-0.3, -0.25) is 9.59 Å². The number of carbonyl (C=O) groups is 3. The highest BCUT2D eigenvalue weighted by atomic mass is 16.5. The van der Waals surface area contributed by atoms with E-state index in [1.165, 1.54) is 12.5 Å². The van der Waals surface area contributed by atoms with Gasteiger partial charge in [0.15, 0.2) is 17.2 Å². The van der Waals surface area contributed by atoms with E-state index < -0.39 is 40.7 Å². The lowest BCUT2D eigenvalue weighted by Crippen LogP contribution is -2.74. The smallest absolute Gasteiger partial charge is 0.340 e. The maximum Gasteiger partial charge on any atom is 0.340 e. The lowest BCUT2D eigenvalue weighted by molar-refractivity contribution is -0.168. The zero-order valence-corrected chi connectivity index (χ0v) is 16.7. The van der Waals surface area contributed by atoms with Crippen LogP contribution in [0.2, 0.25) is 0 Å². The molecule has 162 valence electrons. The minimum absolute atomic E-state index is 0.244. The number of hydroxylamine groups is 2. The predicted octanol–water partition coefficient (Wildman–Crippen LogP) is -0.825. The number of Topliss-reactive ketones (excluding diaryl/α,β-unsaturated/α-hetero) is 2. The average Bonchev–Trinajstić information content (AvgIpc) is 3.12. The van der Waals surface area contributed by atoms with Gasteiger partial charge in [0.1, 0.15) is 5.41 Å². The molecule has 1 aliphatic rings. The predicted molar refractivity (Wildman–Crippen MR) is 106 cm³/mol. The molecule has 0 bridgehead atoms. The van der Waals surface area contributed by atoms with Crippen LogP contribution in [0.1, 0.15) is 32.3 Å². The molecule has 0 amide bonds. The molecule has 1 aliphatic heterocycles. The number of aliphatic carboxylic acids is 1. The van der Waals surface area contributed by atoms with Crippen LogP contribution in [0.4, 0.5) is 0 Å². The highest BCUT2D eigenvalue weighted by molar-refractivity contribution is 6.15. The van der Waals surface area contributed by atoms with Crippen LogP contribution in [0, 0.1) is 5.41 Å². The Hall–Kier alpha value is -2.21. The number of ketones is 2. The summed E-state index contributed by atoms with van der Waals surface area (Å²) in [6, 6.07) is 7.84. The Labute approximate surface area is 169 Å². The fraction of sp³-hybridized carbons (Fsp3) is 0.526. The molecule has 0 radical (unpaired) electrons. The average molecular weight is 409 g/mol. The first-order valence-electron chi connectivity index (χ1n) is 9.26. The first-order valence-corrected chi connectivity index (χ1v) is 9.26. The van der Waals surface area contributed by atoms with Gasteiger partial charge in [-0.05, 0) is 32.3 Å². The van der Waals surface area contributed by atoms with E-state index in [4.69, 9.17) is 22.9 Å². The number of hydrogen-bond acceptors (Lipinski definition) is 9. The third kappa shape index (κ3) is 5.24. The topological polar surface area (TPSA) is 199 Å². The Kier molecular flexibility index (Phi) is 8.57. The molecule has 10 nitrogen and oxygen atoms in total. The van der Waals surface area contributed by atoms with Gasteiger partial charge in [0.05, 0.1) is 12.1 Å². The van der Waals surface area contributed by atoms with Crippen LogP contribution in [0.15, 0.2) is 30.3 Å². The molecule has 3 unspecified atom stereocenters. The Morgan fingerprint density at radius 3 is 2.14 bits per heavy atom. The van der Waals surface area contributed by atoms with Crippen molar-refractivity contribution in [3.05, 3.63) is 35.9 Å². The summed E-state index contributed by atoms with van der Waals surface area (Å²) >= 11 is 0. The summed E-state index contributed by atoms with van der Waals surface area (Å²) in [6.07, 6.45) is 0.817. The zero-order valence-electron chi connectivity index (χ0n) is 16.7. The van der Waals surface area contributed by atoms with Crippen molar-refractivity contribution in [3.63, 3.8) is 0 Å². The van der Waals surface area contributed by atoms with Gasteiger partial charge in [-0.2, -0.15) is 5.06 Å². The molecule has 1 saturated heterocycles. The van der Waals surface area contributed by atoms with Gasteiger partial charge in [0, 0.05) is 13.1 Å². The lowest BCUT2D eigenvalue weighted by atomic mass is 9.67. The van der Waals surface area contributed by atoms with Crippen LogP contribution in [0.5, 0.6) is 0 Å². The molecule has 1 aromatic carbocycles. The Balaban J connectivity index is 0.000000436. The van der Waals surface area contributed by atoms with E-state index in [9.17, 15) is 24.7 Å². The van der Waals surface area contributed by atoms with Gasteiger partial charge < -0.3 is 33.2 Å². The minimum atomic E-state index is -2.63. The van der Waals surface area contributed by atoms with Crippen molar-refractivity contribution >= 4 is 17.5 Å². The fourth-order valence-corrected chi connectivity index (χ4v) is 3.16. The van der Waals surface area contributed by atoms with Crippen molar-refractivity contribution in [2.45, 2.75) is 51.0 Å². The normalized spacial score (nSPS) is 20.2. The second-order valence-electron chi connectivity index (χ2n) is 7.33. The number of rotatable bonds is 7. The van der Waals surface area contributed by atoms with Crippen molar-refractivity contribution in [3.8, 4) is 0 Å². The summed E-state index contributed by atoms with van der Waals surface area (Å²) in [4.78, 5) is 36.3. The molecular weight excluding hydrogens is 378 g/mol. The number of carboxylic acid groups (broad SMARTS) is 1. The van der Waals surface area contributed by atoms with E-state index in [0.29, 0.717) is 13.0 Å². The van der Waals surface area contributed by atoms with E-state index in [1.807, 2.05) is 30.3 Å². The summed E-state index contributed by atoms with van der Waals surface area (Å²) in [5.41, 5.74) is 18.3. The maximum absolute atomic E-state index is 12.7. The van der Waals surface area contributed by atoms with Gasteiger partial charge in [-0.1, -0.05) is 30.3 Å². The Morgan fingerprint density at radius 1 is 1.24 bits per heavy atom. The standard InChI is InChI=1S/C12H22N4O5.C7H9N/c1-6(13)8(17)11(2,12(14,15)10(19)20)9(18)7-4-3-5-16(7)21;8-6-7-4-2-1-3-5-7/h6-7,21H,3-5,13-15H2,1-2H3,(H,19,20);1-5H,6,8H2. The van der Waals surface area contributed by atoms with Crippen LogP contribution in [0.25, 0.3) is 0 Å². The van der Waals surface area contributed by atoms with Crippen LogP contribution in [-0.4, -0.2) is 57.2 Å². The van der Waals surface area contributed by atoms with Gasteiger partial charge in [0.2, 0.25) is 0 Å². The zero-order chi connectivity index (χ0) is 22.4. The van der Waals surface area contributed by atoms with Gasteiger partial charge >= 0.3 is 5.97 Å². The molecule has 3 atom stereocenters. The number of benzene rings is 1. The second kappa shape index (κ2) is 10.0. The van der Waals surface area contributed by atoms with Crippen LogP contribution >= 0.6 is 0 Å². The van der Waals surface area contributed by atoms with Gasteiger partial charge in [-0.15, -0.1) is 0 Å². The highest BCUT2D eigenvalue weighted by Gasteiger charge is 2.61. The number of carboxylic acids is 1. The molecule has 1 fully saturated rings. The molecule has 0 aliphatic carbocycles. The summed E-state index contributed by atoms with van der Waals surface area (Å²) in [5.74, 6) is -3.41. The number of nitrogens with zero attached hydrogens (tertiary/aromatic N) is 1. The van der Waals surface area contributed by atoms with Crippen molar-refractivity contribution in [2.75, 3.05) is 6.54 Å². The van der Waals surface area contributed by atoms with Crippen LogP contribution in [-0.2, 0) is 20.9 Å². The molecule has 1 heterocycles. The summed E-state index contributed by atoms with van der Waals surface area (Å²) in [6.45, 7) is 3.27. The van der Waals surface area contributed by atoms with E-state index in [0.717, 1.165) is 12.0 Å². The monoisotopic (exact) mass is 409 g/mol. The molecule has 0 saturated carbocycles. The molecule has 1 aromatic rings. The molecule has 0 spiro atoms. The first kappa shape index (κ1) is 24.8. The number of carbonyl (C=O) groups excluding carboxylic acids is 2. The lowest BCUT2D eigenvalue weighted by Gasteiger charge is -2.40. The summed E-state index contributed by atoms with van der Waals surface area (Å²) in [5, 5.41) is 19.7. The fourth-order valence-electron chi connectivity index (χ4n) is 3.16. The van der Waals surface area contributed by atoms with Gasteiger partial charge in [-0.25, -0.2) is 4.79 Å². The third-order valence-electron chi connectivity index (χ3n) is 5.19. The SMILES string of the molecule is CC(N)C(=O)C(C)(C(=O)C1CCCN1O)C(N)(N)C(=O)O.NCc1ccccc1. The van der Waals surface area contributed by atoms with Crippen LogP contribution < -0.4 is 22.9 Å². The maximum atomic E-state index is 12.7. The van der Waals surface area contributed by atoms with Crippen LogP contribution in [0.3, 0.4) is 0 Å². The molecule has 0 aromatic heterocycles. The minimum Gasteiger partial charge on any atom is -0.479 e. The first-order chi connectivity index (χ1) is 13.4. The van der Waals surface area contributed by atoms with Gasteiger partial charge in [0.25, 0.3) is 0 Å². The summed E-state index contributed by atoms with van der Waals surface area (Å²) < 4.78 is 0. The largest absolute Gasteiger partial charge is 0.479 e. The molecule has 10 N–H and O–H groups in total. The third-order valence-corrected chi connectivity index (χ3v) is 5.19. The quantitative estimate of drug-likeness (QED) is 0.244. The van der Waals surface area contributed by atoms with Crippen molar-refractivity contribution in [1.29, 1.82) is 0 Å². The van der Waals surface area contributed by atoms with E-state index in [-0.39, 0.29) is 13.0 Å². The molecule has 29 heavy (non-hydrogen) atoms. The molecule has 2 rings (SSSR count). The molecular formula is C19H31N5O5. The second-order valence-corrected chi connectivity index (χ2v) is 7.33. The highest BCUT2D eigenvalue weighted by Crippen LogP contribution is 2.34. The Bertz CT molecular complexity index is 725. The van der Waals surface area contributed by atoms with Crippen molar-refractivity contribution in [2.24, 2.45) is 28.3 Å². The summed E-state index contributed by atoms with van der Waals surface area (Å²) in [7, 11) is 0. The van der Waals surface area contributed by atoms with Crippen molar-refractivity contribution in [1.82, 2.24) is 5.06 Å². The van der Waals surface area contributed by atoms with E-state index in [2.05, 4.69) is 0 Å². The number of nitrogens with two attached hydrogens (primary N) is 4. The van der Waals surface area contributed by atoms with E-state index in [1.54, 1.807) is 0 Å². The number of hydrogen-bond donors (Lipinski definition) is 6. The van der Waals surface area contributed by atoms with Crippen molar-refractivity contribution < 1.29 is 24.7 Å².